The lowest BCUT2D eigenvalue weighted by Crippen LogP contribution is -2.13. The number of hydrogen-bond acceptors (Lipinski definition) is 8. The van der Waals surface area contributed by atoms with Crippen LogP contribution in [0.2, 0.25) is 5.02 Å². The molecule has 4 N–H and O–H groups in total. The highest BCUT2D eigenvalue weighted by molar-refractivity contribution is 6.33. The third-order valence-corrected chi connectivity index (χ3v) is 2.60. The Morgan fingerprint density at radius 2 is 2.05 bits per heavy atom. The first kappa shape index (κ1) is 13.8. The van der Waals surface area contributed by atoms with Gasteiger partial charge in [-0.25, -0.2) is 5.84 Å². The van der Waals surface area contributed by atoms with Gasteiger partial charge in [-0.3, -0.25) is 5.43 Å². The predicted molar refractivity (Wildman–Crippen MR) is 73.6 cm³/mol. The monoisotopic (exact) mass is 291 g/mol. The minimum Gasteiger partial charge on any atom is -0.467 e. The van der Waals surface area contributed by atoms with Crippen LogP contribution in [0, 0.1) is 11.3 Å². The van der Waals surface area contributed by atoms with Crippen LogP contribution in [0.25, 0.3) is 0 Å². The molecule has 9 heteroatoms. The van der Waals surface area contributed by atoms with Crippen LogP contribution >= 0.6 is 11.6 Å². The maximum atomic E-state index is 8.87. The normalized spacial score (nSPS) is 9.70. The van der Waals surface area contributed by atoms with E-state index in [2.05, 4.69) is 25.7 Å². The number of rotatable bonds is 4. The van der Waals surface area contributed by atoms with E-state index in [9.17, 15) is 0 Å². The van der Waals surface area contributed by atoms with Gasteiger partial charge in [0.05, 0.1) is 29.5 Å². The predicted octanol–water partition coefficient (Wildman–Crippen LogP) is 1.43. The summed E-state index contributed by atoms with van der Waals surface area (Å²) in [5.74, 6) is 5.57. The molecule has 0 amide bonds. The van der Waals surface area contributed by atoms with Gasteiger partial charge in [0, 0.05) is 0 Å². The van der Waals surface area contributed by atoms with Gasteiger partial charge in [0.25, 0.3) is 0 Å². The topological polar surface area (TPSA) is 122 Å². The zero-order valence-corrected chi connectivity index (χ0v) is 11.1. The molecule has 1 aromatic heterocycles. The third kappa shape index (κ3) is 3.03. The molecule has 0 saturated carbocycles. The second kappa shape index (κ2) is 6.01. The molecule has 0 aliphatic rings. The van der Waals surface area contributed by atoms with E-state index in [1.54, 1.807) is 18.2 Å². The standard InChI is InChI=1S/C11H10ClN7O/c1-20-11-17-9(16-10(18-11)19-14)15-8-4-6(5-13)2-3-7(8)12/h2-4H,14H2,1H3,(H2,15,16,17,18,19). The van der Waals surface area contributed by atoms with E-state index in [1.807, 2.05) is 6.07 Å². The van der Waals surface area contributed by atoms with E-state index >= 15 is 0 Å². The van der Waals surface area contributed by atoms with Crippen LogP contribution in [0.1, 0.15) is 5.56 Å². The Hall–Kier alpha value is -2.63. The Balaban J connectivity index is 2.36. The molecule has 8 nitrogen and oxygen atoms in total. The highest BCUT2D eigenvalue weighted by atomic mass is 35.5. The van der Waals surface area contributed by atoms with Crippen LogP contribution in [0.5, 0.6) is 6.01 Å². The lowest BCUT2D eigenvalue weighted by Gasteiger charge is -2.09. The Labute approximate surface area is 119 Å². The van der Waals surface area contributed by atoms with Gasteiger partial charge in [0.1, 0.15) is 0 Å². The molecule has 0 saturated heterocycles. The molecule has 0 atom stereocenters. The molecule has 0 radical (unpaired) electrons. The van der Waals surface area contributed by atoms with Crippen molar-refractivity contribution in [2.24, 2.45) is 5.84 Å². The SMILES string of the molecule is COc1nc(NN)nc(Nc2cc(C#N)ccc2Cl)n1. The Bertz CT molecular complexity index is 648. The van der Waals surface area contributed by atoms with Crippen molar-refractivity contribution in [1.29, 1.82) is 5.26 Å². The fourth-order valence-electron chi connectivity index (χ4n) is 1.38. The van der Waals surface area contributed by atoms with E-state index in [0.29, 0.717) is 16.3 Å². The zero-order chi connectivity index (χ0) is 14.5. The average molecular weight is 292 g/mol. The van der Waals surface area contributed by atoms with E-state index in [0.717, 1.165) is 0 Å². The van der Waals surface area contributed by atoms with Crippen molar-refractivity contribution in [2.75, 3.05) is 17.9 Å². The molecule has 1 heterocycles. The van der Waals surface area contributed by atoms with E-state index in [1.165, 1.54) is 7.11 Å². The molecule has 20 heavy (non-hydrogen) atoms. The molecule has 0 fully saturated rings. The number of nitrogens with one attached hydrogen (secondary N) is 2. The van der Waals surface area contributed by atoms with E-state index in [-0.39, 0.29) is 17.9 Å². The number of halogens is 1. The van der Waals surface area contributed by atoms with Crippen molar-refractivity contribution < 1.29 is 4.74 Å². The van der Waals surface area contributed by atoms with Crippen LogP contribution in [-0.4, -0.2) is 22.1 Å². The number of methoxy groups -OCH3 is 1. The summed E-state index contributed by atoms with van der Waals surface area (Å²) in [4.78, 5) is 11.9. The van der Waals surface area contributed by atoms with Crippen LogP contribution in [0.4, 0.5) is 17.6 Å². The number of nitrogens with two attached hydrogens (primary N) is 1. The maximum Gasteiger partial charge on any atom is 0.322 e. The molecule has 0 aliphatic heterocycles. The summed E-state index contributed by atoms with van der Waals surface area (Å²) < 4.78 is 4.93. The number of nitrogens with zero attached hydrogens (tertiary/aromatic N) is 4. The highest BCUT2D eigenvalue weighted by Crippen LogP contribution is 2.25. The highest BCUT2D eigenvalue weighted by Gasteiger charge is 2.08. The first-order valence-electron chi connectivity index (χ1n) is 5.39. The largest absolute Gasteiger partial charge is 0.467 e. The molecule has 0 aliphatic carbocycles. The lowest BCUT2D eigenvalue weighted by atomic mass is 10.2. The summed E-state index contributed by atoms with van der Waals surface area (Å²) >= 11 is 6.04. The first-order chi connectivity index (χ1) is 9.66. The molecule has 102 valence electrons. The van der Waals surface area contributed by atoms with E-state index in [4.69, 9.17) is 27.4 Å². The molecule has 0 bridgehead atoms. The van der Waals surface area contributed by atoms with Gasteiger partial charge in [0.2, 0.25) is 11.9 Å². The Morgan fingerprint density at radius 3 is 2.70 bits per heavy atom. The van der Waals surface area contributed by atoms with Crippen LogP contribution in [0.3, 0.4) is 0 Å². The van der Waals surface area contributed by atoms with Crippen molar-refractivity contribution in [3.63, 3.8) is 0 Å². The fourth-order valence-corrected chi connectivity index (χ4v) is 1.54. The van der Waals surface area contributed by atoms with Crippen molar-refractivity contribution in [1.82, 2.24) is 15.0 Å². The second-order valence-electron chi connectivity index (χ2n) is 3.55. The van der Waals surface area contributed by atoms with Gasteiger partial charge in [-0.05, 0) is 18.2 Å². The molecule has 2 rings (SSSR count). The second-order valence-corrected chi connectivity index (χ2v) is 3.95. The summed E-state index contributed by atoms with van der Waals surface area (Å²) in [6.45, 7) is 0. The number of aromatic nitrogens is 3. The van der Waals surface area contributed by atoms with Crippen molar-refractivity contribution >= 4 is 29.2 Å². The van der Waals surface area contributed by atoms with Gasteiger partial charge in [-0.15, -0.1) is 0 Å². The Morgan fingerprint density at radius 1 is 1.30 bits per heavy atom. The van der Waals surface area contributed by atoms with Gasteiger partial charge < -0.3 is 10.1 Å². The average Bonchev–Trinajstić information content (AvgIpc) is 2.49. The fraction of sp³-hybridized carbons (Fsp3) is 0.0909. The summed E-state index contributed by atoms with van der Waals surface area (Å²) in [7, 11) is 1.42. The first-order valence-corrected chi connectivity index (χ1v) is 5.77. The van der Waals surface area contributed by atoms with Gasteiger partial charge in [-0.2, -0.15) is 20.2 Å². The van der Waals surface area contributed by atoms with E-state index < -0.39 is 0 Å². The van der Waals surface area contributed by atoms with Crippen molar-refractivity contribution in [3.8, 4) is 12.1 Å². The maximum absolute atomic E-state index is 8.87. The van der Waals surface area contributed by atoms with Gasteiger partial charge in [-0.1, -0.05) is 11.6 Å². The van der Waals surface area contributed by atoms with Gasteiger partial charge in [0.15, 0.2) is 0 Å². The smallest absolute Gasteiger partial charge is 0.322 e. The molecule has 2 aromatic rings. The quantitative estimate of drug-likeness (QED) is 0.571. The Kier molecular flexibility index (Phi) is 4.14. The summed E-state index contributed by atoms with van der Waals surface area (Å²) in [6.07, 6.45) is 0. The minimum absolute atomic E-state index is 0.0861. The number of nitrogen functional groups attached to an aromatic ring is 1. The number of hydrogen-bond donors (Lipinski definition) is 3. The minimum atomic E-state index is 0.0861. The third-order valence-electron chi connectivity index (χ3n) is 2.27. The van der Waals surface area contributed by atoms with Crippen LogP contribution in [0.15, 0.2) is 18.2 Å². The molecular weight excluding hydrogens is 282 g/mol. The summed E-state index contributed by atoms with van der Waals surface area (Å²) in [5, 5.41) is 12.2. The number of anilines is 3. The lowest BCUT2D eigenvalue weighted by molar-refractivity contribution is 0.379. The van der Waals surface area contributed by atoms with Crippen LogP contribution in [-0.2, 0) is 0 Å². The molecule has 0 spiro atoms. The molecule has 0 unspecified atom stereocenters. The van der Waals surface area contributed by atoms with Gasteiger partial charge >= 0.3 is 6.01 Å². The molecular formula is C11H10ClN7O. The number of hydrazine groups is 1. The zero-order valence-electron chi connectivity index (χ0n) is 10.4. The summed E-state index contributed by atoms with van der Waals surface area (Å²) in [5.41, 5.74) is 3.24. The van der Waals surface area contributed by atoms with Crippen molar-refractivity contribution in [3.05, 3.63) is 28.8 Å². The number of nitriles is 1. The number of ether oxygens (including phenoxy) is 1. The van der Waals surface area contributed by atoms with Crippen LogP contribution < -0.4 is 21.3 Å². The number of benzene rings is 1. The summed E-state index contributed by atoms with van der Waals surface area (Å²) in [6, 6.07) is 6.89. The molecule has 1 aromatic carbocycles. The van der Waals surface area contributed by atoms with Crippen molar-refractivity contribution in [2.45, 2.75) is 0 Å².